The molecule has 0 aromatic carbocycles. The third kappa shape index (κ3) is 7.18. The van der Waals surface area contributed by atoms with Gasteiger partial charge in [-0.1, -0.05) is 39.3 Å². The lowest BCUT2D eigenvalue weighted by atomic mass is 9.68. The number of rotatable bonds is 6. The molecule has 5 heteroatoms. The highest BCUT2D eigenvalue weighted by molar-refractivity contribution is 8.01. The molecule has 0 amide bonds. The van der Waals surface area contributed by atoms with Crippen LogP contribution in [0, 0.1) is 23.7 Å². The zero-order chi connectivity index (χ0) is 18.2. The van der Waals surface area contributed by atoms with Gasteiger partial charge in [-0.05, 0) is 30.1 Å². The summed E-state index contributed by atoms with van der Waals surface area (Å²) in [5.41, 5.74) is 1.31. The Kier molecular flexibility index (Phi) is 9.22. The van der Waals surface area contributed by atoms with Crippen molar-refractivity contribution < 1.29 is 14.3 Å². The van der Waals surface area contributed by atoms with E-state index in [0.29, 0.717) is 37.4 Å². The van der Waals surface area contributed by atoms with Gasteiger partial charge in [0, 0.05) is 29.4 Å². The van der Waals surface area contributed by atoms with Crippen molar-refractivity contribution in [2.24, 2.45) is 23.7 Å². The summed E-state index contributed by atoms with van der Waals surface area (Å²) in [6, 6.07) is 0. The molecule has 0 aromatic heterocycles. The number of thioether (sulfide) groups is 2. The molecule has 25 heavy (non-hydrogen) atoms. The maximum atomic E-state index is 12.1. The van der Waals surface area contributed by atoms with Crippen molar-refractivity contribution >= 4 is 29.5 Å². The van der Waals surface area contributed by atoms with Crippen molar-refractivity contribution in [1.29, 1.82) is 0 Å². The molecule has 2 aliphatic rings. The number of carbonyl (C=O) groups excluding carboxylic acids is 1. The van der Waals surface area contributed by atoms with E-state index in [-0.39, 0.29) is 12.1 Å². The van der Waals surface area contributed by atoms with Crippen LogP contribution >= 0.6 is 23.5 Å². The summed E-state index contributed by atoms with van der Waals surface area (Å²) in [5.74, 6) is 6.53. The average Bonchev–Trinajstić information content (AvgIpc) is 2.56. The van der Waals surface area contributed by atoms with Gasteiger partial charge in [0.1, 0.15) is 6.61 Å². The zero-order valence-corrected chi connectivity index (χ0v) is 17.6. The maximum Gasteiger partial charge on any atom is 0.306 e. The minimum Gasteiger partial charge on any atom is -0.463 e. The second-order valence-corrected chi connectivity index (χ2v) is 9.79. The molecule has 0 aromatic rings. The normalized spacial score (nSPS) is 32.0. The molecule has 1 aliphatic carbocycles. The van der Waals surface area contributed by atoms with Gasteiger partial charge in [-0.2, -0.15) is 23.5 Å². The van der Waals surface area contributed by atoms with Crippen LogP contribution in [0.4, 0.5) is 0 Å². The molecular formula is C20H34O3S2. The van der Waals surface area contributed by atoms with Gasteiger partial charge >= 0.3 is 5.97 Å². The summed E-state index contributed by atoms with van der Waals surface area (Å²) >= 11 is 3.78. The molecule has 3 nitrogen and oxygen atoms in total. The van der Waals surface area contributed by atoms with E-state index >= 15 is 0 Å². The standard InChI is InChI=1S/C20H34O3S2/c1-14-10-24-12-19(13-25-11-14)22-7-8-23-20(21)9-18-6-5-15(2)16(3)17(18)4/h15-19H,1,5-13H2,2-4H3. The van der Waals surface area contributed by atoms with Crippen LogP contribution in [0.3, 0.4) is 0 Å². The Morgan fingerprint density at radius 1 is 1.08 bits per heavy atom. The van der Waals surface area contributed by atoms with Gasteiger partial charge in [0.15, 0.2) is 0 Å². The Morgan fingerprint density at radius 2 is 1.76 bits per heavy atom. The van der Waals surface area contributed by atoms with Crippen molar-refractivity contribution in [2.45, 2.75) is 46.1 Å². The second kappa shape index (κ2) is 10.9. The Morgan fingerprint density at radius 3 is 2.44 bits per heavy atom. The number of ether oxygens (including phenoxy) is 2. The Balaban J connectivity index is 1.60. The highest BCUT2D eigenvalue weighted by Crippen LogP contribution is 2.39. The van der Waals surface area contributed by atoms with Gasteiger partial charge in [0.2, 0.25) is 0 Å². The van der Waals surface area contributed by atoms with E-state index in [1.165, 1.54) is 12.0 Å². The van der Waals surface area contributed by atoms with Crippen molar-refractivity contribution in [3.63, 3.8) is 0 Å². The third-order valence-corrected chi connectivity index (χ3v) is 8.25. The fourth-order valence-electron chi connectivity index (χ4n) is 3.74. The van der Waals surface area contributed by atoms with Crippen LogP contribution in [0.5, 0.6) is 0 Å². The summed E-state index contributed by atoms with van der Waals surface area (Å²) in [6.07, 6.45) is 3.20. The second-order valence-electron chi connectivity index (χ2n) is 7.73. The van der Waals surface area contributed by atoms with Gasteiger partial charge in [-0.15, -0.1) is 0 Å². The van der Waals surface area contributed by atoms with Gasteiger partial charge in [0.05, 0.1) is 12.7 Å². The van der Waals surface area contributed by atoms with E-state index in [1.807, 2.05) is 23.5 Å². The first kappa shape index (κ1) is 21.2. The zero-order valence-electron chi connectivity index (χ0n) is 16.0. The lowest BCUT2D eigenvalue weighted by Crippen LogP contribution is -2.31. The molecule has 144 valence electrons. The monoisotopic (exact) mass is 386 g/mol. The molecule has 2 rings (SSSR count). The van der Waals surface area contributed by atoms with Gasteiger partial charge < -0.3 is 9.47 Å². The molecule has 4 unspecified atom stereocenters. The van der Waals surface area contributed by atoms with E-state index in [9.17, 15) is 4.79 Å². The largest absolute Gasteiger partial charge is 0.463 e. The first-order valence-corrected chi connectivity index (χ1v) is 11.9. The number of hydrogen-bond acceptors (Lipinski definition) is 5. The smallest absolute Gasteiger partial charge is 0.306 e. The van der Waals surface area contributed by atoms with E-state index in [0.717, 1.165) is 35.4 Å². The average molecular weight is 387 g/mol. The molecule has 0 spiro atoms. The Bertz CT molecular complexity index is 429. The van der Waals surface area contributed by atoms with Crippen LogP contribution in [-0.2, 0) is 14.3 Å². The topological polar surface area (TPSA) is 35.5 Å². The van der Waals surface area contributed by atoms with Gasteiger partial charge in [-0.3, -0.25) is 4.79 Å². The van der Waals surface area contributed by atoms with E-state index in [4.69, 9.17) is 9.47 Å². The third-order valence-electron chi connectivity index (χ3n) is 5.81. The lowest BCUT2D eigenvalue weighted by molar-refractivity contribution is -0.147. The molecule has 2 fully saturated rings. The van der Waals surface area contributed by atoms with Crippen molar-refractivity contribution in [2.75, 3.05) is 36.2 Å². The Labute approximate surface area is 162 Å². The van der Waals surface area contributed by atoms with Crippen LogP contribution in [0.1, 0.15) is 40.0 Å². The molecule has 1 saturated heterocycles. The first-order chi connectivity index (χ1) is 12.0. The molecular weight excluding hydrogens is 352 g/mol. The Hall–Kier alpha value is -0.130. The highest BCUT2D eigenvalue weighted by Gasteiger charge is 2.33. The number of carbonyl (C=O) groups is 1. The summed E-state index contributed by atoms with van der Waals surface area (Å²) in [4.78, 5) is 12.1. The first-order valence-electron chi connectivity index (χ1n) is 9.56. The minimum absolute atomic E-state index is 0.0556. The lowest BCUT2D eigenvalue weighted by Gasteiger charge is -2.38. The van der Waals surface area contributed by atoms with E-state index in [1.54, 1.807) is 0 Å². The predicted molar refractivity (Wildman–Crippen MR) is 109 cm³/mol. The number of hydrogen-bond donors (Lipinski definition) is 0. The molecule has 4 atom stereocenters. The van der Waals surface area contributed by atoms with Crippen molar-refractivity contribution in [1.82, 2.24) is 0 Å². The molecule has 0 radical (unpaired) electrons. The van der Waals surface area contributed by atoms with Crippen molar-refractivity contribution in [3.05, 3.63) is 12.2 Å². The van der Waals surface area contributed by atoms with Crippen LogP contribution in [0.25, 0.3) is 0 Å². The van der Waals surface area contributed by atoms with Crippen LogP contribution in [-0.4, -0.2) is 48.3 Å². The summed E-state index contributed by atoms with van der Waals surface area (Å²) in [5, 5.41) is 0. The van der Waals surface area contributed by atoms with E-state index in [2.05, 4.69) is 27.4 Å². The predicted octanol–water partition coefficient (Wildman–Crippen LogP) is 4.66. The highest BCUT2D eigenvalue weighted by atomic mass is 32.2. The fourth-order valence-corrected chi connectivity index (χ4v) is 5.99. The summed E-state index contributed by atoms with van der Waals surface area (Å²) < 4.78 is 11.3. The van der Waals surface area contributed by atoms with Crippen LogP contribution < -0.4 is 0 Å². The quantitative estimate of drug-likeness (QED) is 0.377. The maximum absolute atomic E-state index is 12.1. The number of esters is 1. The molecule has 1 saturated carbocycles. The van der Waals surface area contributed by atoms with Gasteiger partial charge in [-0.25, -0.2) is 0 Å². The minimum atomic E-state index is -0.0556. The molecule has 1 heterocycles. The van der Waals surface area contributed by atoms with Gasteiger partial charge in [0.25, 0.3) is 0 Å². The van der Waals surface area contributed by atoms with Crippen LogP contribution in [0.2, 0.25) is 0 Å². The van der Waals surface area contributed by atoms with Crippen LogP contribution in [0.15, 0.2) is 12.2 Å². The fraction of sp³-hybridized carbons (Fsp3) is 0.850. The summed E-state index contributed by atoms with van der Waals surface area (Å²) in [6.45, 7) is 11.9. The molecule has 1 aliphatic heterocycles. The van der Waals surface area contributed by atoms with E-state index < -0.39 is 0 Å². The SMILES string of the molecule is C=C1CSCC(OCCOC(=O)CC2CCC(C)C(C)C2C)CSC1. The molecule has 0 N–H and O–H groups in total. The van der Waals surface area contributed by atoms with Crippen molar-refractivity contribution in [3.8, 4) is 0 Å². The molecule has 0 bridgehead atoms. The summed E-state index contributed by atoms with van der Waals surface area (Å²) in [7, 11) is 0.